The molecule has 3 aromatic rings. The number of amides is 1. The molecule has 2 unspecified atom stereocenters. The number of aryl methyl sites for hydroxylation is 3. The number of benzene rings is 2. The molecule has 5 rings (SSSR count). The van der Waals surface area contributed by atoms with Gasteiger partial charge in [0, 0.05) is 19.5 Å². The molecule has 0 bridgehead atoms. The molecule has 1 aromatic heterocycles. The van der Waals surface area contributed by atoms with Crippen LogP contribution in [0.15, 0.2) is 47.4 Å². The normalized spacial score (nSPS) is 20.0. The van der Waals surface area contributed by atoms with E-state index in [4.69, 9.17) is 0 Å². The number of carbonyl (C=O) groups excluding carboxylic acids is 1. The van der Waals surface area contributed by atoms with E-state index in [9.17, 15) is 19.1 Å². The number of carbonyl (C=O) groups is 1. The topological polar surface area (TPSA) is 75.4 Å². The molecule has 1 amide bonds. The minimum absolute atomic E-state index is 0.123. The van der Waals surface area contributed by atoms with Crippen LogP contribution in [0.5, 0.6) is 5.75 Å². The van der Waals surface area contributed by atoms with E-state index in [1.807, 2.05) is 13.0 Å². The fourth-order valence-electron chi connectivity index (χ4n) is 4.94. The van der Waals surface area contributed by atoms with Crippen LogP contribution in [0.4, 0.5) is 4.39 Å². The van der Waals surface area contributed by atoms with Crippen LogP contribution in [0.3, 0.4) is 0 Å². The Morgan fingerprint density at radius 3 is 2.48 bits per heavy atom. The van der Waals surface area contributed by atoms with Crippen LogP contribution < -0.4 is 5.43 Å². The number of likely N-dealkylation sites (N-methyl/N-ethyl adjacent to an activating group) is 1. The average Bonchev–Trinajstić information content (AvgIpc) is 2.89. The number of hydrogen-bond acceptors (Lipinski definition) is 4. The summed E-state index contributed by atoms with van der Waals surface area (Å²) in [5.74, 6) is -1.69. The predicted octanol–water partition coefficient (Wildman–Crippen LogP) is 2.95. The van der Waals surface area contributed by atoms with Crippen LogP contribution in [-0.2, 0) is 12.8 Å². The number of fused-ring (bicyclic) bond motifs is 3. The lowest BCUT2D eigenvalue weighted by Gasteiger charge is -2.38. The standard InChI is InChI=1S/C24H22FN3O3/c1-13-3-4-14-5-6-15-7-8-16(25)10-18(15)21(17(14)9-13)19-12-27(2)24(31)22-23(30)20(29)11-26-28(19)22/h3-4,7-11,19,21,30H,5-6,12H2,1-2H3. The largest absolute Gasteiger partial charge is 0.502 e. The van der Waals surface area contributed by atoms with Crippen molar-refractivity contribution in [3.05, 3.63) is 92.1 Å². The highest BCUT2D eigenvalue weighted by Crippen LogP contribution is 2.44. The van der Waals surface area contributed by atoms with E-state index in [1.54, 1.807) is 13.1 Å². The van der Waals surface area contributed by atoms with Crippen molar-refractivity contribution in [2.24, 2.45) is 0 Å². The fraction of sp³-hybridized carbons (Fsp3) is 0.292. The first kappa shape index (κ1) is 19.5. The molecule has 2 aromatic carbocycles. The van der Waals surface area contributed by atoms with Crippen LogP contribution in [0.1, 0.15) is 50.3 Å². The summed E-state index contributed by atoms with van der Waals surface area (Å²) >= 11 is 0. The highest BCUT2D eigenvalue weighted by molar-refractivity contribution is 5.95. The second-order valence-corrected chi connectivity index (χ2v) is 8.43. The summed E-state index contributed by atoms with van der Waals surface area (Å²) in [5, 5.41) is 14.6. The summed E-state index contributed by atoms with van der Waals surface area (Å²) in [4.78, 5) is 26.3. The van der Waals surface area contributed by atoms with Gasteiger partial charge in [0.05, 0.1) is 12.2 Å². The monoisotopic (exact) mass is 419 g/mol. The van der Waals surface area contributed by atoms with Gasteiger partial charge in [0.1, 0.15) is 5.82 Å². The second kappa shape index (κ2) is 7.04. The van der Waals surface area contributed by atoms with Crippen LogP contribution in [0.25, 0.3) is 0 Å². The van der Waals surface area contributed by atoms with Gasteiger partial charge in [0.2, 0.25) is 5.43 Å². The van der Waals surface area contributed by atoms with E-state index >= 15 is 0 Å². The first-order valence-corrected chi connectivity index (χ1v) is 10.3. The Bertz CT molecular complexity index is 1230. The molecule has 1 aliphatic heterocycles. The number of rotatable bonds is 1. The summed E-state index contributed by atoms with van der Waals surface area (Å²) in [5.41, 5.74) is 4.39. The summed E-state index contributed by atoms with van der Waals surface area (Å²) in [6.07, 6.45) is 2.63. The Balaban J connectivity index is 1.81. The highest BCUT2D eigenvalue weighted by Gasteiger charge is 2.40. The molecule has 2 atom stereocenters. The van der Waals surface area contributed by atoms with Gasteiger partial charge in [-0.1, -0.05) is 29.8 Å². The molecule has 0 radical (unpaired) electrons. The van der Waals surface area contributed by atoms with Crippen molar-refractivity contribution < 1.29 is 14.3 Å². The van der Waals surface area contributed by atoms with Gasteiger partial charge in [-0.25, -0.2) is 4.39 Å². The van der Waals surface area contributed by atoms with Gasteiger partial charge in [-0.15, -0.1) is 0 Å². The Morgan fingerprint density at radius 1 is 1.06 bits per heavy atom. The van der Waals surface area contributed by atoms with E-state index in [0.29, 0.717) is 6.54 Å². The summed E-state index contributed by atoms with van der Waals surface area (Å²) < 4.78 is 15.9. The van der Waals surface area contributed by atoms with Crippen LogP contribution in [0.2, 0.25) is 0 Å². The van der Waals surface area contributed by atoms with Gasteiger partial charge < -0.3 is 10.0 Å². The van der Waals surface area contributed by atoms with Gasteiger partial charge >= 0.3 is 0 Å². The van der Waals surface area contributed by atoms with Crippen molar-refractivity contribution in [3.8, 4) is 5.75 Å². The third-order valence-electron chi connectivity index (χ3n) is 6.44. The maximum Gasteiger partial charge on any atom is 0.275 e. The smallest absolute Gasteiger partial charge is 0.275 e. The van der Waals surface area contributed by atoms with Crippen molar-refractivity contribution >= 4 is 5.91 Å². The molecule has 7 heteroatoms. The van der Waals surface area contributed by atoms with Crippen molar-refractivity contribution in [2.45, 2.75) is 31.7 Å². The third-order valence-corrected chi connectivity index (χ3v) is 6.44. The minimum atomic E-state index is -0.697. The molecule has 0 saturated carbocycles. The third kappa shape index (κ3) is 3.03. The maximum absolute atomic E-state index is 14.4. The lowest BCUT2D eigenvalue weighted by atomic mass is 9.81. The van der Waals surface area contributed by atoms with Gasteiger partial charge in [0.25, 0.3) is 5.91 Å². The number of nitrogens with zero attached hydrogens (tertiary/aromatic N) is 3. The maximum atomic E-state index is 14.4. The Kier molecular flexibility index (Phi) is 4.43. The number of aromatic nitrogens is 2. The second-order valence-electron chi connectivity index (χ2n) is 8.43. The summed E-state index contributed by atoms with van der Waals surface area (Å²) in [6.45, 7) is 2.33. The van der Waals surface area contributed by atoms with Gasteiger partial charge in [-0.3, -0.25) is 14.3 Å². The Hall–Kier alpha value is -3.48. The number of halogens is 1. The highest BCUT2D eigenvalue weighted by atomic mass is 19.1. The molecule has 6 nitrogen and oxygen atoms in total. The van der Waals surface area contributed by atoms with Crippen molar-refractivity contribution in [3.63, 3.8) is 0 Å². The molecule has 158 valence electrons. The SMILES string of the molecule is Cc1ccc2c(c1)C(C1CN(C)C(=O)c3c(O)c(=O)cnn31)c1cc(F)ccc1CC2. The van der Waals surface area contributed by atoms with E-state index in [1.165, 1.54) is 21.2 Å². The van der Waals surface area contributed by atoms with Crippen LogP contribution >= 0.6 is 0 Å². The summed E-state index contributed by atoms with van der Waals surface area (Å²) in [6, 6.07) is 10.7. The number of hydrogen-bond donors (Lipinski definition) is 1. The van der Waals surface area contributed by atoms with Crippen molar-refractivity contribution in [1.29, 1.82) is 0 Å². The quantitative estimate of drug-likeness (QED) is 0.658. The molecule has 0 fully saturated rings. The fourth-order valence-corrected chi connectivity index (χ4v) is 4.94. The van der Waals surface area contributed by atoms with E-state index in [-0.39, 0.29) is 17.4 Å². The predicted molar refractivity (Wildman–Crippen MR) is 113 cm³/mol. The first-order valence-electron chi connectivity index (χ1n) is 10.3. The minimum Gasteiger partial charge on any atom is -0.502 e. The molecular weight excluding hydrogens is 397 g/mol. The van der Waals surface area contributed by atoms with Crippen molar-refractivity contribution in [2.75, 3.05) is 13.6 Å². The molecule has 2 heterocycles. The average molecular weight is 419 g/mol. The lowest BCUT2D eigenvalue weighted by molar-refractivity contribution is 0.0686. The Morgan fingerprint density at radius 2 is 1.74 bits per heavy atom. The van der Waals surface area contributed by atoms with Crippen LogP contribution in [-0.4, -0.2) is 39.3 Å². The molecule has 31 heavy (non-hydrogen) atoms. The van der Waals surface area contributed by atoms with Gasteiger partial charge in [-0.2, -0.15) is 5.10 Å². The Labute approximate surface area is 178 Å². The zero-order valence-corrected chi connectivity index (χ0v) is 17.3. The molecule has 1 aliphatic carbocycles. The van der Waals surface area contributed by atoms with E-state index in [0.717, 1.165) is 41.3 Å². The summed E-state index contributed by atoms with van der Waals surface area (Å²) in [7, 11) is 1.64. The molecular formula is C24H22FN3O3. The molecule has 0 spiro atoms. The zero-order valence-electron chi connectivity index (χ0n) is 17.3. The molecule has 2 aliphatic rings. The van der Waals surface area contributed by atoms with Crippen molar-refractivity contribution in [1.82, 2.24) is 14.7 Å². The van der Waals surface area contributed by atoms with E-state index < -0.39 is 23.1 Å². The molecule has 1 N–H and O–H groups in total. The molecule has 0 saturated heterocycles. The van der Waals surface area contributed by atoms with Crippen LogP contribution in [0, 0.1) is 12.7 Å². The van der Waals surface area contributed by atoms with Gasteiger partial charge in [-0.05, 0) is 54.2 Å². The lowest BCUT2D eigenvalue weighted by Crippen LogP contribution is -2.45. The number of aromatic hydroxyl groups is 1. The first-order chi connectivity index (χ1) is 14.8. The zero-order chi connectivity index (χ0) is 21.9. The van der Waals surface area contributed by atoms with Gasteiger partial charge in [0.15, 0.2) is 11.4 Å². The van der Waals surface area contributed by atoms with E-state index in [2.05, 4.69) is 23.3 Å².